The fourth-order valence-corrected chi connectivity index (χ4v) is 1.70. The van der Waals surface area contributed by atoms with Gasteiger partial charge in [0.05, 0.1) is 11.9 Å². The highest BCUT2D eigenvalue weighted by molar-refractivity contribution is 5.92. The topological polar surface area (TPSA) is 45.2 Å². The summed E-state index contributed by atoms with van der Waals surface area (Å²) >= 11 is 0. The molecule has 0 fully saturated rings. The van der Waals surface area contributed by atoms with Crippen LogP contribution < -0.4 is 10.2 Å². The summed E-state index contributed by atoms with van der Waals surface area (Å²) in [6.45, 7) is 11.9. The monoisotopic (exact) mass is 249 g/mol. The Morgan fingerprint density at radius 1 is 1.28 bits per heavy atom. The van der Waals surface area contributed by atoms with Crippen LogP contribution in [0.2, 0.25) is 0 Å². The fraction of sp³-hybridized carbons (Fsp3) is 0.571. The van der Waals surface area contributed by atoms with E-state index in [1.54, 1.807) is 12.3 Å². The maximum absolute atomic E-state index is 11.9. The van der Waals surface area contributed by atoms with Gasteiger partial charge >= 0.3 is 0 Å². The van der Waals surface area contributed by atoms with E-state index in [9.17, 15) is 4.79 Å². The molecule has 0 saturated heterocycles. The summed E-state index contributed by atoms with van der Waals surface area (Å²) in [4.78, 5) is 18.3. The van der Waals surface area contributed by atoms with Crippen molar-refractivity contribution < 1.29 is 4.79 Å². The van der Waals surface area contributed by atoms with Gasteiger partial charge < -0.3 is 10.2 Å². The molecule has 0 aromatic carbocycles. The van der Waals surface area contributed by atoms with E-state index in [1.165, 1.54) is 0 Å². The molecular formula is C14H23N3O. The van der Waals surface area contributed by atoms with Crippen molar-refractivity contribution in [3.63, 3.8) is 0 Å². The van der Waals surface area contributed by atoms with Gasteiger partial charge in [0.2, 0.25) is 0 Å². The van der Waals surface area contributed by atoms with Crippen molar-refractivity contribution in [2.75, 3.05) is 18.0 Å². The normalized spacial score (nSPS) is 11.2. The Balaban J connectivity index is 2.79. The Morgan fingerprint density at radius 2 is 1.89 bits per heavy atom. The van der Waals surface area contributed by atoms with Gasteiger partial charge in [0.25, 0.3) is 5.91 Å². The molecule has 18 heavy (non-hydrogen) atoms. The zero-order valence-corrected chi connectivity index (χ0v) is 11.9. The minimum absolute atomic E-state index is 0.131. The average Bonchev–Trinajstić information content (AvgIpc) is 2.29. The van der Waals surface area contributed by atoms with E-state index in [0.717, 1.165) is 18.8 Å². The summed E-state index contributed by atoms with van der Waals surface area (Å²) in [6.07, 6.45) is 1.75. The van der Waals surface area contributed by atoms with Crippen molar-refractivity contribution in [2.24, 2.45) is 0 Å². The minimum Gasteiger partial charge on any atom is -0.371 e. The molecule has 1 aromatic heterocycles. The minimum atomic E-state index is -0.240. The fourth-order valence-electron chi connectivity index (χ4n) is 1.70. The van der Waals surface area contributed by atoms with E-state index in [4.69, 9.17) is 0 Å². The number of hydrogen-bond acceptors (Lipinski definition) is 3. The quantitative estimate of drug-likeness (QED) is 0.891. The van der Waals surface area contributed by atoms with Crippen LogP contribution in [0.15, 0.2) is 18.3 Å². The van der Waals surface area contributed by atoms with E-state index in [2.05, 4.69) is 29.0 Å². The summed E-state index contributed by atoms with van der Waals surface area (Å²) < 4.78 is 0. The van der Waals surface area contributed by atoms with E-state index in [0.29, 0.717) is 5.69 Å². The maximum atomic E-state index is 11.9. The van der Waals surface area contributed by atoms with Gasteiger partial charge in [0.1, 0.15) is 5.69 Å². The smallest absolute Gasteiger partial charge is 0.270 e. The molecule has 0 aliphatic carbocycles. The molecule has 1 N–H and O–H groups in total. The van der Waals surface area contributed by atoms with Gasteiger partial charge in [-0.3, -0.25) is 4.79 Å². The number of rotatable bonds is 4. The lowest BCUT2D eigenvalue weighted by Gasteiger charge is -2.22. The third-order valence-corrected chi connectivity index (χ3v) is 2.60. The van der Waals surface area contributed by atoms with Crippen LogP contribution in [0.1, 0.15) is 45.1 Å². The molecule has 1 amide bonds. The molecule has 0 saturated carbocycles. The van der Waals surface area contributed by atoms with Crippen LogP contribution in [-0.2, 0) is 0 Å². The van der Waals surface area contributed by atoms with Gasteiger partial charge in [-0.15, -0.1) is 0 Å². The van der Waals surface area contributed by atoms with Crippen LogP contribution in [0.5, 0.6) is 0 Å². The summed E-state index contributed by atoms with van der Waals surface area (Å²) in [5.74, 6) is -0.131. The highest BCUT2D eigenvalue weighted by atomic mass is 16.2. The van der Waals surface area contributed by atoms with Crippen LogP contribution in [-0.4, -0.2) is 29.5 Å². The molecule has 1 heterocycles. The summed E-state index contributed by atoms with van der Waals surface area (Å²) in [5.41, 5.74) is 1.27. The van der Waals surface area contributed by atoms with Crippen molar-refractivity contribution in [3.8, 4) is 0 Å². The largest absolute Gasteiger partial charge is 0.371 e. The first-order valence-electron chi connectivity index (χ1n) is 6.41. The number of pyridine rings is 1. The number of aromatic nitrogens is 1. The van der Waals surface area contributed by atoms with Crippen molar-refractivity contribution >= 4 is 11.6 Å². The molecule has 4 heteroatoms. The van der Waals surface area contributed by atoms with Crippen molar-refractivity contribution in [1.82, 2.24) is 10.3 Å². The second-order valence-electron chi connectivity index (χ2n) is 5.28. The Kier molecular flexibility index (Phi) is 4.70. The zero-order chi connectivity index (χ0) is 13.8. The molecule has 0 bridgehead atoms. The number of nitrogens with zero attached hydrogens (tertiary/aromatic N) is 2. The van der Waals surface area contributed by atoms with E-state index >= 15 is 0 Å². The Morgan fingerprint density at radius 3 is 2.28 bits per heavy atom. The summed E-state index contributed by atoms with van der Waals surface area (Å²) in [7, 11) is 0. The third-order valence-electron chi connectivity index (χ3n) is 2.60. The van der Waals surface area contributed by atoms with E-state index < -0.39 is 0 Å². The molecule has 0 aliphatic heterocycles. The van der Waals surface area contributed by atoms with Gasteiger partial charge in [-0.1, -0.05) is 0 Å². The van der Waals surface area contributed by atoms with E-state index in [-0.39, 0.29) is 11.4 Å². The molecule has 0 unspecified atom stereocenters. The number of amides is 1. The zero-order valence-electron chi connectivity index (χ0n) is 11.9. The van der Waals surface area contributed by atoms with Crippen molar-refractivity contribution in [2.45, 2.75) is 40.2 Å². The first kappa shape index (κ1) is 14.5. The molecule has 1 rings (SSSR count). The standard InChI is InChI=1S/C14H23N3O/c1-6-17(7-2)11-8-9-12(15-10-11)13(18)16-14(3,4)5/h8-10H,6-7H2,1-5H3,(H,16,18). The second-order valence-corrected chi connectivity index (χ2v) is 5.28. The highest BCUT2D eigenvalue weighted by Crippen LogP contribution is 2.13. The molecule has 4 nitrogen and oxygen atoms in total. The van der Waals surface area contributed by atoms with Crippen LogP contribution in [0, 0.1) is 0 Å². The average molecular weight is 249 g/mol. The first-order valence-corrected chi connectivity index (χ1v) is 6.41. The number of hydrogen-bond donors (Lipinski definition) is 1. The third kappa shape index (κ3) is 4.02. The van der Waals surface area contributed by atoms with E-state index in [1.807, 2.05) is 26.8 Å². The van der Waals surface area contributed by atoms with Gasteiger partial charge in [-0.05, 0) is 46.8 Å². The van der Waals surface area contributed by atoms with Gasteiger partial charge in [-0.2, -0.15) is 0 Å². The SMILES string of the molecule is CCN(CC)c1ccc(C(=O)NC(C)(C)C)nc1. The maximum Gasteiger partial charge on any atom is 0.270 e. The number of anilines is 1. The van der Waals surface area contributed by atoms with Gasteiger partial charge in [0, 0.05) is 18.6 Å². The second kappa shape index (κ2) is 5.85. The molecule has 0 radical (unpaired) electrons. The summed E-state index contributed by atoms with van der Waals surface area (Å²) in [5, 5.41) is 2.90. The Bertz CT molecular complexity index is 388. The number of carbonyl (C=O) groups is 1. The molecular weight excluding hydrogens is 226 g/mol. The van der Waals surface area contributed by atoms with Crippen LogP contribution in [0.4, 0.5) is 5.69 Å². The van der Waals surface area contributed by atoms with Crippen LogP contribution in [0.3, 0.4) is 0 Å². The van der Waals surface area contributed by atoms with Gasteiger partial charge in [0.15, 0.2) is 0 Å². The predicted octanol–water partition coefficient (Wildman–Crippen LogP) is 2.46. The van der Waals surface area contributed by atoms with Crippen LogP contribution >= 0.6 is 0 Å². The lowest BCUT2D eigenvalue weighted by molar-refractivity contribution is 0.0914. The Hall–Kier alpha value is -1.58. The number of nitrogens with one attached hydrogen (secondary N) is 1. The van der Waals surface area contributed by atoms with Gasteiger partial charge in [-0.25, -0.2) is 4.98 Å². The highest BCUT2D eigenvalue weighted by Gasteiger charge is 2.16. The lowest BCUT2D eigenvalue weighted by atomic mass is 10.1. The Labute approximate surface area is 109 Å². The molecule has 100 valence electrons. The molecule has 0 atom stereocenters. The van der Waals surface area contributed by atoms with Crippen molar-refractivity contribution in [3.05, 3.63) is 24.0 Å². The molecule has 0 aliphatic rings. The molecule has 0 spiro atoms. The van der Waals surface area contributed by atoms with Crippen molar-refractivity contribution in [1.29, 1.82) is 0 Å². The first-order chi connectivity index (χ1) is 8.37. The lowest BCUT2D eigenvalue weighted by Crippen LogP contribution is -2.40. The number of carbonyl (C=O) groups excluding carboxylic acids is 1. The predicted molar refractivity (Wildman–Crippen MR) is 75.0 cm³/mol. The summed E-state index contributed by atoms with van der Waals surface area (Å²) in [6, 6.07) is 3.71. The van der Waals surface area contributed by atoms with Crippen LogP contribution in [0.25, 0.3) is 0 Å². The molecule has 1 aromatic rings.